The molecule has 0 spiro atoms. The van der Waals surface area contributed by atoms with Crippen LogP contribution in [0.25, 0.3) is 0 Å². The molecule has 6 heteroatoms. The number of rotatable bonds is 6. The van der Waals surface area contributed by atoms with Gasteiger partial charge in [0.2, 0.25) is 10.0 Å². The molecule has 0 radical (unpaired) electrons. The number of nitrogens with zero attached hydrogens (tertiary/aromatic N) is 2. The topological polar surface area (TPSA) is 54.3 Å². The number of hydrogen-bond acceptors (Lipinski definition) is 3. The van der Waals surface area contributed by atoms with Crippen molar-refractivity contribution in [3.05, 3.63) is 48.3 Å². The third-order valence-corrected chi connectivity index (χ3v) is 5.10. The molecule has 1 aromatic heterocycles. The number of benzene rings is 1. The van der Waals surface area contributed by atoms with Gasteiger partial charge in [-0.05, 0) is 36.8 Å². The van der Waals surface area contributed by atoms with Crippen molar-refractivity contribution in [2.75, 3.05) is 19.4 Å². The maximum atomic E-state index is 12.1. The fraction of sp³-hybridized carbons (Fsp3) is 0.333. The quantitative estimate of drug-likeness (QED) is 0.891. The summed E-state index contributed by atoms with van der Waals surface area (Å²) in [4.78, 5) is 0.295. The predicted molar refractivity (Wildman–Crippen MR) is 84.7 cm³/mol. The highest BCUT2D eigenvalue weighted by atomic mass is 32.2. The standard InChI is InChI=1S/C15H21N3O2S/c1-4-18-9-8-13(12-18)11-16-14-6-5-7-15(10-14)21(19,20)17(2)3/h5-10,12,16H,4,11H2,1-3H3. The summed E-state index contributed by atoms with van der Waals surface area (Å²) in [5.74, 6) is 0. The van der Waals surface area contributed by atoms with E-state index in [1.54, 1.807) is 18.2 Å². The Hall–Kier alpha value is -1.79. The fourth-order valence-electron chi connectivity index (χ4n) is 1.97. The molecule has 0 amide bonds. The van der Waals surface area contributed by atoms with Crippen LogP contribution >= 0.6 is 0 Å². The Balaban J connectivity index is 2.11. The van der Waals surface area contributed by atoms with E-state index in [1.165, 1.54) is 18.4 Å². The molecule has 2 rings (SSSR count). The Morgan fingerprint density at radius 2 is 2.00 bits per heavy atom. The maximum Gasteiger partial charge on any atom is 0.242 e. The third-order valence-electron chi connectivity index (χ3n) is 3.29. The first kappa shape index (κ1) is 15.6. The molecule has 0 aliphatic carbocycles. The molecule has 114 valence electrons. The molecule has 0 unspecified atom stereocenters. The van der Waals surface area contributed by atoms with Crippen LogP contribution in [0.15, 0.2) is 47.6 Å². The minimum Gasteiger partial charge on any atom is -0.381 e. The SMILES string of the molecule is CCn1ccc(CNc2cccc(S(=O)(=O)N(C)C)c2)c1. The van der Waals surface area contributed by atoms with Gasteiger partial charge in [-0.15, -0.1) is 0 Å². The number of aromatic nitrogens is 1. The monoisotopic (exact) mass is 307 g/mol. The van der Waals surface area contributed by atoms with Crippen molar-refractivity contribution in [1.82, 2.24) is 8.87 Å². The van der Waals surface area contributed by atoms with Crippen LogP contribution < -0.4 is 5.32 Å². The lowest BCUT2D eigenvalue weighted by Gasteiger charge is -2.13. The van der Waals surface area contributed by atoms with Gasteiger partial charge in [-0.2, -0.15) is 0 Å². The van der Waals surface area contributed by atoms with Gasteiger partial charge >= 0.3 is 0 Å². The Labute approximate surface area is 126 Å². The molecule has 0 fully saturated rings. The van der Waals surface area contributed by atoms with Gasteiger partial charge < -0.3 is 9.88 Å². The van der Waals surface area contributed by atoms with Crippen LogP contribution in [-0.4, -0.2) is 31.4 Å². The highest BCUT2D eigenvalue weighted by molar-refractivity contribution is 7.89. The largest absolute Gasteiger partial charge is 0.381 e. The molecule has 1 heterocycles. The van der Waals surface area contributed by atoms with E-state index in [2.05, 4.69) is 29.1 Å². The Morgan fingerprint density at radius 3 is 2.62 bits per heavy atom. The molecule has 2 aromatic rings. The highest BCUT2D eigenvalue weighted by Crippen LogP contribution is 2.18. The van der Waals surface area contributed by atoms with Crippen molar-refractivity contribution in [2.45, 2.75) is 24.9 Å². The summed E-state index contributed by atoms with van der Waals surface area (Å²) in [6.07, 6.45) is 4.11. The van der Waals surface area contributed by atoms with Gasteiger partial charge in [0, 0.05) is 45.3 Å². The average molecular weight is 307 g/mol. The van der Waals surface area contributed by atoms with E-state index < -0.39 is 10.0 Å². The molecule has 1 N–H and O–H groups in total. The zero-order valence-electron chi connectivity index (χ0n) is 12.6. The van der Waals surface area contributed by atoms with Gasteiger partial charge in [0.1, 0.15) is 0 Å². The van der Waals surface area contributed by atoms with Crippen molar-refractivity contribution in [2.24, 2.45) is 0 Å². The van der Waals surface area contributed by atoms with E-state index in [9.17, 15) is 8.42 Å². The van der Waals surface area contributed by atoms with Gasteiger partial charge in [-0.25, -0.2) is 12.7 Å². The summed E-state index contributed by atoms with van der Waals surface area (Å²) >= 11 is 0. The molecule has 5 nitrogen and oxygen atoms in total. The second-order valence-corrected chi connectivity index (χ2v) is 7.17. The molecule has 21 heavy (non-hydrogen) atoms. The van der Waals surface area contributed by atoms with Gasteiger partial charge in [-0.3, -0.25) is 0 Å². The van der Waals surface area contributed by atoms with E-state index >= 15 is 0 Å². The number of nitrogens with one attached hydrogen (secondary N) is 1. The highest BCUT2D eigenvalue weighted by Gasteiger charge is 2.17. The van der Waals surface area contributed by atoms with Crippen molar-refractivity contribution >= 4 is 15.7 Å². The second-order valence-electron chi connectivity index (χ2n) is 5.02. The van der Waals surface area contributed by atoms with E-state index in [0.29, 0.717) is 11.4 Å². The predicted octanol–water partition coefficient (Wildman–Crippen LogP) is 2.37. The summed E-state index contributed by atoms with van der Waals surface area (Å²) < 4.78 is 27.5. The molecular weight excluding hydrogens is 286 g/mol. The molecule has 0 saturated carbocycles. The molecule has 0 saturated heterocycles. The minimum absolute atomic E-state index is 0.295. The summed E-state index contributed by atoms with van der Waals surface area (Å²) in [7, 11) is -0.332. The lowest BCUT2D eigenvalue weighted by molar-refractivity contribution is 0.521. The van der Waals surface area contributed by atoms with Crippen LogP contribution in [-0.2, 0) is 23.1 Å². The molecule has 0 atom stereocenters. The summed E-state index contributed by atoms with van der Waals surface area (Å²) in [6, 6.07) is 8.93. The zero-order valence-corrected chi connectivity index (χ0v) is 13.4. The van der Waals surface area contributed by atoms with Gasteiger partial charge in [0.05, 0.1) is 4.90 Å². The Morgan fingerprint density at radius 1 is 1.24 bits per heavy atom. The fourth-order valence-corrected chi connectivity index (χ4v) is 2.92. The first-order valence-corrected chi connectivity index (χ1v) is 8.28. The van der Waals surface area contributed by atoms with Crippen LogP contribution in [0.1, 0.15) is 12.5 Å². The van der Waals surface area contributed by atoms with Crippen LogP contribution in [0, 0.1) is 0 Å². The number of aryl methyl sites for hydroxylation is 1. The van der Waals surface area contributed by atoms with Gasteiger partial charge in [0.25, 0.3) is 0 Å². The van der Waals surface area contributed by atoms with E-state index in [4.69, 9.17) is 0 Å². The third kappa shape index (κ3) is 3.65. The van der Waals surface area contributed by atoms with E-state index in [1.807, 2.05) is 12.3 Å². The first-order valence-electron chi connectivity index (χ1n) is 6.84. The number of sulfonamides is 1. The first-order chi connectivity index (χ1) is 9.93. The number of anilines is 1. The smallest absolute Gasteiger partial charge is 0.242 e. The Kier molecular flexibility index (Phi) is 4.69. The summed E-state index contributed by atoms with van der Waals surface area (Å²) in [5, 5.41) is 3.25. The molecule has 0 aliphatic heterocycles. The van der Waals surface area contributed by atoms with Gasteiger partial charge in [0.15, 0.2) is 0 Å². The average Bonchev–Trinajstić information content (AvgIpc) is 2.93. The summed E-state index contributed by atoms with van der Waals surface area (Å²) in [5.41, 5.74) is 1.96. The molecule has 0 bridgehead atoms. The van der Waals surface area contributed by atoms with Gasteiger partial charge in [-0.1, -0.05) is 6.07 Å². The van der Waals surface area contributed by atoms with Crippen LogP contribution in [0.4, 0.5) is 5.69 Å². The minimum atomic E-state index is -3.39. The zero-order chi connectivity index (χ0) is 15.5. The van der Waals surface area contributed by atoms with E-state index in [-0.39, 0.29) is 0 Å². The molecule has 0 aliphatic rings. The molecule has 1 aromatic carbocycles. The number of hydrogen-bond donors (Lipinski definition) is 1. The lowest BCUT2D eigenvalue weighted by Crippen LogP contribution is -2.22. The Bertz CT molecular complexity index is 705. The van der Waals surface area contributed by atoms with E-state index in [0.717, 1.165) is 17.8 Å². The van der Waals surface area contributed by atoms with Crippen molar-refractivity contribution in [3.8, 4) is 0 Å². The van der Waals surface area contributed by atoms with Crippen LogP contribution in [0.3, 0.4) is 0 Å². The molecular formula is C15H21N3O2S. The van der Waals surface area contributed by atoms with Crippen LogP contribution in [0.5, 0.6) is 0 Å². The summed E-state index contributed by atoms with van der Waals surface area (Å²) in [6.45, 7) is 3.70. The lowest BCUT2D eigenvalue weighted by atomic mass is 10.3. The van der Waals surface area contributed by atoms with Crippen molar-refractivity contribution in [3.63, 3.8) is 0 Å². The van der Waals surface area contributed by atoms with Crippen molar-refractivity contribution < 1.29 is 8.42 Å². The normalized spacial score (nSPS) is 11.8. The van der Waals surface area contributed by atoms with Crippen LogP contribution in [0.2, 0.25) is 0 Å². The maximum absolute atomic E-state index is 12.1. The van der Waals surface area contributed by atoms with Crippen molar-refractivity contribution in [1.29, 1.82) is 0 Å². The second kappa shape index (κ2) is 6.32.